The SMILES string of the molecule is O=C(Cc1cc(F)cc(F)c1)Nn1c(C2CC2)nc2cc(C(F)(F)F)ccc2c1=O. The lowest BCUT2D eigenvalue weighted by Gasteiger charge is -2.15. The van der Waals surface area contributed by atoms with Crippen LogP contribution in [0, 0.1) is 11.6 Å². The fourth-order valence-electron chi connectivity index (χ4n) is 3.17. The number of hydrogen-bond acceptors (Lipinski definition) is 3. The Balaban J connectivity index is 1.71. The van der Waals surface area contributed by atoms with Crippen LogP contribution in [0.2, 0.25) is 0 Å². The first kappa shape index (κ1) is 20.0. The number of nitrogens with zero attached hydrogens (tertiary/aromatic N) is 2. The summed E-state index contributed by atoms with van der Waals surface area (Å²) in [5.41, 5.74) is 0.649. The second-order valence-corrected chi connectivity index (χ2v) is 7.10. The van der Waals surface area contributed by atoms with Gasteiger partial charge in [-0.05, 0) is 48.7 Å². The maximum Gasteiger partial charge on any atom is 0.416 e. The van der Waals surface area contributed by atoms with Crippen LogP contribution in [-0.4, -0.2) is 15.6 Å². The summed E-state index contributed by atoms with van der Waals surface area (Å²) in [7, 11) is 0. The van der Waals surface area contributed by atoms with Gasteiger partial charge in [0.25, 0.3) is 5.56 Å². The van der Waals surface area contributed by atoms with Gasteiger partial charge in [-0.1, -0.05) is 0 Å². The van der Waals surface area contributed by atoms with Crippen molar-refractivity contribution in [3.8, 4) is 0 Å². The molecular weight excluding hydrogens is 409 g/mol. The van der Waals surface area contributed by atoms with E-state index in [1.807, 2.05) is 0 Å². The highest BCUT2D eigenvalue weighted by Crippen LogP contribution is 2.39. The van der Waals surface area contributed by atoms with Crippen molar-refractivity contribution >= 4 is 16.8 Å². The molecule has 1 aliphatic rings. The molecule has 1 N–H and O–H groups in total. The summed E-state index contributed by atoms with van der Waals surface area (Å²) in [5, 5.41) is -0.0931. The fraction of sp³-hybridized carbons (Fsp3) is 0.250. The van der Waals surface area contributed by atoms with Crippen molar-refractivity contribution in [3.63, 3.8) is 0 Å². The first-order chi connectivity index (χ1) is 14.1. The smallest absolute Gasteiger partial charge is 0.273 e. The molecule has 1 saturated carbocycles. The van der Waals surface area contributed by atoms with Crippen molar-refractivity contribution in [1.82, 2.24) is 9.66 Å². The first-order valence-corrected chi connectivity index (χ1v) is 9.00. The van der Waals surface area contributed by atoms with Crippen LogP contribution in [0.25, 0.3) is 10.9 Å². The Morgan fingerprint density at radius 2 is 1.77 bits per heavy atom. The molecule has 0 radical (unpaired) electrons. The van der Waals surface area contributed by atoms with Gasteiger partial charge in [0.05, 0.1) is 22.9 Å². The highest BCUT2D eigenvalue weighted by molar-refractivity contribution is 5.86. The summed E-state index contributed by atoms with van der Waals surface area (Å²) in [6.45, 7) is 0. The van der Waals surface area contributed by atoms with E-state index >= 15 is 0 Å². The van der Waals surface area contributed by atoms with Gasteiger partial charge in [-0.2, -0.15) is 13.2 Å². The lowest BCUT2D eigenvalue weighted by Crippen LogP contribution is -2.37. The van der Waals surface area contributed by atoms with Gasteiger partial charge < -0.3 is 0 Å². The topological polar surface area (TPSA) is 64.0 Å². The number of halogens is 5. The molecule has 0 atom stereocenters. The van der Waals surface area contributed by atoms with E-state index in [0.29, 0.717) is 18.9 Å². The molecular formula is C20H14F5N3O2. The summed E-state index contributed by atoms with van der Waals surface area (Å²) in [5.74, 6) is -2.45. The quantitative estimate of drug-likeness (QED) is 0.648. The van der Waals surface area contributed by atoms with Crippen LogP contribution in [0.3, 0.4) is 0 Å². The molecule has 1 fully saturated rings. The van der Waals surface area contributed by atoms with Gasteiger partial charge in [0, 0.05) is 12.0 Å². The first-order valence-electron chi connectivity index (χ1n) is 9.00. The molecule has 1 heterocycles. The number of carbonyl (C=O) groups is 1. The van der Waals surface area contributed by atoms with Crippen molar-refractivity contribution in [3.05, 3.63) is 75.3 Å². The van der Waals surface area contributed by atoms with Crippen molar-refractivity contribution in [1.29, 1.82) is 0 Å². The standard InChI is InChI=1S/C20H14F5N3O2/c21-13-5-10(6-14(22)9-13)7-17(29)27-28-18(11-1-2-11)26-16-8-12(20(23,24)25)3-4-15(16)19(28)30/h3-6,8-9,11H,1-2,7H2,(H,27,29). The summed E-state index contributed by atoms with van der Waals surface area (Å²) in [6.07, 6.45) is -3.65. The van der Waals surface area contributed by atoms with Crippen LogP contribution in [-0.2, 0) is 17.4 Å². The minimum absolute atomic E-state index is 0.0644. The van der Waals surface area contributed by atoms with Crippen LogP contribution >= 0.6 is 0 Å². The molecule has 0 aliphatic heterocycles. The van der Waals surface area contributed by atoms with E-state index < -0.39 is 41.3 Å². The number of benzene rings is 2. The Morgan fingerprint density at radius 1 is 1.10 bits per heavy atom. The Bertz CT molecular complexity index is 1200. The molecule has 0 unspecified atom stereocenters. The van der Waals surface area contributed by atoms with E-state index in [9.17, 15) is 31.5 Å². The molecule has 0 spiro atoms. The van der Waals surface area contributed by atoms with Crippen molar-refractivity contribution < 1.29 is 26.7 Å². The number of alkyl halides is 3. The summed E-state index contributed by atoms with van der Waals surface area (Å²) >= 11 is 0. The molecule has 0 saturated heterocycles. The molecule has 3 aromatic rings. The highest BCUT2D eigenvalue weighted by Gasteiger charge is 2.33. The zero-order valence-electron chi connectivity index (χ0n) is 15.3. The number of carbonyl (C=O) groups excluding carboxylic acids is 1. The third kappa shape index (κ3) is 4.03. The lowest BCUT2D eigenvalue weighted by atomic mass is 10.1. The molecule has 1 aromatic heterocycles. The Labute approximate surface area is 166 Å². The van der Waals surface area contributed by atoms with E-state index in [1.165, 1.54) is 0 Å². The summed E-state index contributed by atoms with van der Waals surface area (Å²) < 4.78 is 66.5. The number of aromatic nitrogens is 2. The molecule has 2 aromatic carbocycles. The third-order valence-electron chi connectivity index (χ3n) is 4.69. The van der Waals surface area contributed by atoms with E-state index in [1.54, 1.807) is 0 Å². The van der Waals surface area contributed by atoms with Gasteiger partial charge in [-0.15, -0.1) is 0 Å². The predicted octanol–water partition coefficient (Wildman–Crippen LogP) is 3.88. The van der Waals surface area contributed by atoms with E-state index in [0.717, 1.165) is 35.0 Å². The monoisotopic (exact) mass is 423 g/mol. The fourth-order valence-corrected chi connectivity index (χ4v) is 3.17. The van der Waals surface area contributed by atoms with Gasteiger partial charge >= 0.3 is 6.18 Å². The van der Waals surface area contributed by atoms with Gasteiger partial charge in [-0.25, -0.2) is 18.4 Å². The van der Waals surface area contributed by atoms with Crippen molar-refractivity contribution in [2.45, 2.75) is 31.4 Å². The Morgan fingerprint density at radius 3 is 2.37 bits per heavy atom. The van der Waals surface area contributed by atoms with Crippen LogP contribution in [0.4, 0.5) is 22.0 Å². The van der Waals surface area contributed by atoms with Crippen molar-refractivity contribution in [2.24, 2.45) is 0 Å². The Kier molecular flexibility index (Phi) is 4.79. The number of amides is 1. The molecule has 156 valence electrons. The van der Waals surface area contributed by atoms with Gasteiger partial charge in [0.2, 0.25) is 5.91 Å². The highest BCUT2D eigenvalue weighted by atomic mass is 19.4. The number of rotatable bonds is 4. The zero-order valence-corrected chi connectivity index (χ0v) is 15.3. The van der Waals surface area contributed by atoms with E-state index in [-0.39, 0.29) is 28.2 Å². The average Bonchev–Trinajstić information content (AvgIpc) is 3.47. The zero-order chi connectivity index (χ0) is 21.6. The van der Waals surface area contributed by atoms with Gasteiger partial charge in [-0.3, -0.25) is 15.0 Å². The molecule has 4 rings (SSSR count). The van der Waals surface area contributed by atoms with Crippen LogP contribution in [0.15, 0.2) is 41.2 Å². The second-order valence-electron chi connectivity index (χ2n) is 7.10. The molecule has 0 bridgehead atoms. The normalized spacial score (nSPS) is 14.2. The molecule has 1 amide bonds. The molecule has 1 aliphatic carbocycles. The number of nitrogens with one attached hydrogen (secondary N) is 1. The lowest BCUT2D eigenvalue weighted by molar-refractivity contribution is -0.137. The maximum atomic E-state index is 13.3. The van der Waals surface area contributed by atoms with Crippen molar-refractivity contribution in [2.75, 3.05) is 5.43 Å². The maximum absolute atomic E-state index is 13.3. The van der Waals surface area contributed by atoms with Crippen LogP contribution < -0.4 is 11.0 Å². The van der Waals surface area contributed by atoms with Gasteiger partial charge in [0.1, 0.15) is 17.5 Å². The predicted molar refractivity (Wildman–Crippen MR) is 97.4 cm³/mol. The molecule has 10 heteroatoms. The van der Waals surface area contributed by atoms with E-state index in [4.69, 9.17) is 0 Å². The summed E-state index contributed by atoms with van der Waals surface area (Å²) in [4.78, 5) is 29.4. The third-order valence-corrected chi connectivity index (χ3v) is 4.69. The van der Waals surface area contributed by atoms with Gasteiger partial charge in [0.15, 0.2) is 0 Å². The number of hydrogen-bond donors (Lipinski definition) is 1. The largest absolute Gasteiger partial charge is 0.416 e. The second kappa shape index (κ2) is 7.19. The average molecular weight is 423 g/mol. The van der Waals surface area contributed by atoms with Crippen LogP contribution in [0.1, 0.15) is 35.7 Å². The number of fused-ring (bicyclic) bond motifs is 1. The summed E-state index contributed by atoms with van der Waals surface area (Å²) in [6, 6.07) is 5.22. The molecule has 5 nitrogen and oxygen atoms in total. The van der Waals surface area contributed by atoms with Crippen LogP contribution in [0.5, 0.6) is 0 Å². The Hall–Kier alpha value is -3.30. The minimum Gasteiger partial charge on any atom is -0.273 e. The minimum atomic E-state index is -4.58. The van der Waals surface area contributed by atoms with E-state index in [2.05, 4.69) is 10.4 Å². The molecule has 30 heavy (non-hydrogen) atoms.